The summed E-state index contributed by atoms with van der Waals surface area (Å²) in [6.45, 7) is 6.20. The van der Waals surface area contributed by atoms with Gasteiger partial charge in [0, 0.05) is 31.1 Å². The molecule has 1 amide bonds. The lowest BCUT2D eigenvalue weighted by atomic mass is 10.0. The van der Waals surface area contributed by atoms with Crippen LogP contribution in [0.15, 0.2) is 0 Å². The van der Waals surface area contributed by atoms with Crippen molar-refractivity contribution in [2.45, 2.75) is 45.2 Å². The lowest BCUT2D eigenvalue weighted by Crippen LogP contribution is -2.56. The smallest absolute Gasteiger partial charge is 0.226 e. The highest BCUT2D eigenvalue weighted by molar-refractivity contribution is 5.83. The summed E-state index contributed by atoms with van der Waals surface area (Å²) in [4.78, 5) is 14.8. The van der Waals surface area contributed by atoms with Gasteiger partial charge in [-0.3, -0.25) is 4.79 Å². The van der Waals surface area contributed by atoms with E-state index in [9.17, 15) is 4.79 Å². The minimum Gasteiger partial charge on any atom is -0.339 e. The summed E-state index contributed by atoms with van der Waals surface area (Å²) in [5.41, 5.74) is 0. The molecule has 0 aromatic heterocycles. The van der Waals surface area contributed by atoms with Gasteiger partial charge in [0.2, 0.25) is 5.91 Å². The average Bonchev–Trinajstić information content (AvgIpc) is 2.74. The second-order valence-corrected chi connectivity index (χ2v) is 7.23. The molecular weight excluding hydrogens is 224 g/mol. The van der Waals surface area contributed by atoms with Crippen LogP contribution in [0, 0.1) is 29.6 Å². The molecule has 4 rings (SSSR count). The van der Waals surface area contributed by atoms with Crippen molar-refractivity contribution in [3.8, 4) is 0 Å². The summed E-state index contributed by atoms with van der Waals surface area (Å²) >= 11 is 0. The fourth-order valence-corrected chi connectivity index (χ4v) is 5.37. The Bertz CT molecular complexity index is 353. The number of carbonyl (C=O) groups is 1. The molecule has 3 aliphatic carbocycles. The van der Waals surface area contributed by atoms with Crippen molar-refractivity contribution in [2.24, 2.45) is 29.6 Å². The number of amides is 1. The van der Waals surface area contributed by atoms with E-state index in [0.717, 1.165) is 36.8 Å². The zero-order valence-electron chi connectivity index (χ0n) is 11.4. The third-order valence-electron chi connectivity index (χ3n) is 5.89. The van der Waals surface area contributed by atoms with Gasteiger partial charge < -0.3 is 10.2 Å². The van der Waals surface area contributed by atoms with E-state index in [1.54, 1.807) is 0 Å². The van der Waals surface area contributed by atoms with E-state index in [2.05, 4.69) is 24.1 Å². The van der Waals surface area contributed by atoms with Crippen LogP contribution in [-0.2, 0) is 4.79 Å². The van der Waals surface area contributed by atoms with Gasteiger partial charge in [0.1, 0.15) is 0 Å². The Morgan fingerprint density at radius 1 is 1.06 bits per heavy atom. The molecule has 18 heavy (non-hydrogen) atoms. The summed E-state index contributed by atoms with van der Waals surface area (Å²) in [6, 6.07) is 0.904. The van der Waals surface area contributed by atoms with Gasteiger partial charge in [0.05, 0.1) is 0 Å². The fraction of sp³-hybridized carbons (Fsp3) is 0.933. The van der Waals surface area contributed by atoms with Crippen molar-refractivity contribution in [1.29, 1.82) is 0 Å². The molecule has 0 aromatic carbocycles. The van der Waals surface area contributed by atoms with Crippen LogP contribution < -0.4 is 5.32 Å². The van der Waals surface area contributed by atoms with Crippen LogP contribution in [0.2, 0.25) is 0 Å². The van der Waals surface area contributed by atoms with Crippen LogP contribution >= 0.6 is 0 Å². The lowest BCUT2D eigenvalue weighted by Gasteiger charge is -2.36. The Morgan fingerprint density at radius 2 is 1.61 bits per heavy atom. The predicted molar refractivity (Wildman–Crippen MR) is 69.9 cm³/mol. The van der Waals surface area contributed by atoms with E-state index in [1.165, 1.54) is 19.3 Å². The fourth-order valence-electron chi connectivity index (χ4n) is 5.37. The van der Waals surface area contributed by atoms with Crippen LogP contribution in [0.4, 0.5) is 0 Å². The van der Waals surface area contributed by atoms with E-state index in [4.69, 9.17) is 0 Å². The minimum atomic E-state index is 0.425. The van der Waals surface area contributed by atoms with Crippen molar-refractivity contribution in [2.75, 3.05) is 13.1 Å². The molecule has 6 unspecified atom stereocenters. The molecule has 3 heteroatoms. The van der Waals surface area contributed by atoms with Crippen molar-refractivity contribution in [3.63, 3.8) is 0 Å². The summed E-state index contributed by atoms with van der Waals surface area (Å²) in [5, 5.41) is 3.51. The van der Waals surface area contributed by atoms with Crippen LogP contribution in [0.1, 0.15) is 33.1 Å². The SMILES string of the molecule is CC1CN(C(=O)C2C3C4CCC(C4)C23)CC(C)N1. The van der Waals surface area contributed by atoms with E-state index >= 15 is 0 Å². The molecule has 1 aliphatic heterocycles. The van der Waals surface area contributed by atoms with Crippen LogP contribution in [0.3, 0.4) is 0 Å². The highest BCUT2D eigenvalue weighted by Crippen LogP contribution is 2.69. The summed E-state index contributed by atoms with van der Waals surface area (Å²) in [5.74, 6) is 4.31. The maximum absolute atomic E-state index is 12.7. The Morgan fingerprint density at radius 3 is 2.17 bits per heavy atom. The van der Waals surface area contributed by atoms with Gasteiger partial charge in [-0.05, 0) is 56.8 Å². The predicted octanol–water partition coefficient (Wildman–Crippen LogP) is 1.49. The third-order valence-corrected chi connectivity index (χ3v) is 5.89. The van der Waals surface area contributed by atoms with E-state index in [1.807, 2.05) is 0 Å². The molecule has 1 saturated heterocycles. The average molecular weight is 248 g/mol. The molecule has 0 spiro atoms. The Hall–Kier alpha value is -0.570. The third kappa shape index (κ3) is 1.49. The molecule has 3 saturated carbocycles. The van der Waals surface area contributed by atoms with Gasteiger partial charge in [0.15, 0.2) is 0 Å². The number of nitrogens with one attached hydrogen (secondary N) is 1. The van der Waals surface area contributed by atoms with Crippen molar-refractivity contribution in [3.05, 3.63) is 0 Å². The molecule has 4 aliphatic rings. The molecule has 3 nitrogen and oxygen atoms in total. The molecule has 4 fully saturated rings. The van der Waals surface area contributed by atoms with E-state index in [0.29, 0.717) is 23.9 Å². The summed E-state index contributed by atoms with van der Waals surface area (Å²) in [7, 11) is 0. The number of hydrogen-bond acceptors (Lipinski definition) is 2. The van der Waals surface area contributed by atoms with Crippen molar-refractivity contribution >= 4 is 5.91 Å². The van der Waals surface area contributed by atoms with Crippen LogP contribution in [0.5, 0.6) is 0 Å². The molecule has 6 atom stereocenters. The number of fused-ring (bicyclic) bond motifs is 5. The van der Waals surface area contributed by atoms with Crippen LogP contribution in [-0.4, -0.2) is 36.0 Å². The first-order chi connectivity index (χ1) is 8.65. The van der Waals surface area contributed by atoms with Crippen LogP contribution in [0.25, 0.3) is 0 Å². The van der Waals surface area contributed by atoms with E-state index < -0.39 is 0 Å². The second-order valence-electron chi connectivity index (χ2n) is 7.23. The first-order valence-corrected chi connectivity index (χ1v) is 7.70. The largest absolute Gasteiger partial charge is 0.339 e. The van der Waals surface area contributed by atoms with Crippen molar-refractivity contribution in [1.82, 2.24) is 10.2 Å². The number of piperazine rings is 1. The lowest BCUT2D eigenvalue weighted by molar-refractivity contribution is -0.135. The van der Waals surface area contributed by atoms with Gasteiger partial charge in [-0.2, -0.15) is 0 Å². The quantitative estimate of drug-likeness (QED) is 0.762. The minimum absolute atomic E-state index is 0.425. The standard InChI is InChI=1S/C15H24N2O/c1-8-6-17(7-9(2)16-8)15(18)14-12-10-3-4-11(5-10)13(12)14/h8-14,16H,3-7H2,1-2H3. The zero-order valence-corrected chi connectivity index (χ0v) is 11.4. The summed E-state index contributed by atoms with van der Waals surface area (Å²) < 4.78 is 0. The Labute approximate surface area is 109 Å². The van der Waals surface area contributed by atoms with Gasteiger partial charge in [-0.25, -0.2) is 0 Å². The highest BCUT2D eigenvalue weighted by atomic mass is 16.2. The molecule has 2 bridgehead atoms. The maximum atomic E-state index is 12.7. The molecule has 0 aromatic rings. The highest BCUT2D eigenvalue weighted by Gasteiger charge is 2.68. The first-order valence-electron chi connectivity index (χ1n) is 7.70. The molecule has 1 N–H and O–H groups in total. The maximum Gasteiger partial charge on any atom is 0.226 e. The van der Waals surface area contributed by atoms with Gasteiger partial charge >= 0.3 is 0 Å². The summed E-state index contributed by atoms with van der Waals surface area (Å²) in [6.07, 6.45) is 4.25. The molecule has 1 heterocycles. The monoisotopic (exact) mass is 248 g/mol. The number of hydrogen-bond donors (Lipinski definition) is 1. The number of nitrogens with zero attached hydrogens (tertiary/aromatic N) is 1. The molecule has 0 radical (unpaired) electrons. The van der Waals surface area contributed by atoms with E-state index in [-0.39, 0.29) is 0 Å². The Balaban J connectivity index is 1.45. The van der Waals surface area contributed by atoms with Gasteiger partial charge in [-0.15, -0.1) is 0 Å². The zero-order chi connectivity index (χ0) is 12.4. The number of carbonyl (C=O) groups excluding carboxylic acids is 1. The van der Waals surface area contributed by atoms with Crippen molar-refractivity contribution < 1.29 is 4.79 Å². The first kappa shape index (κ1) is 11.3. The second kappa shape index (κ2) is 3.72. The topological polar surface area (TPSA) is 32.3 Å². The van der Waals surface area contributed by atoms with Gasteiger partial charge in [0.25, 0.3) is 0 Å². The Kier molecular flexibility index (Phi) is 2.33. The molecular formula is C15H24N2O. The number of rotatable bonds is 1. The van der Waals surface area contributed by atoms with Gasteiger partial charge in [-0.1, -0.05) is 0 Å². The normalized spacial score (nSPS) is 53.4. The molecule has 100 valence electrons.